The van der Waals surface area contributed by atoms with Crippen LogP contribution < -0.4 is 5.32 Å². The van der Waals surface area contributed by atoms with Crippen molar-refractivity contribution in [2.75, 3.05) is 5.75 Å². The summed E-state index contributed by atoms with van der Waals surface area (Å²) in [5.74, 6) is 1.13. The Balaban J connectivity index is 1.86. The lowest BCUT2D eigenvalue weighted by atomic mass is 10.1. The molecule has 0 saturated heterocycles. The van der Waals surface area contributed by atoms with Gasteiger partial charge in [-0.25, -0.2) is 0 Å². The summed E-state index contributed by atoms with van der Waals surface area (Å²) in [6, 6.07) is 8.03. The van der Waals surface area contributed by atoms with Crippen LogP contribution >= 0.6 is 11.8 Å². The van der Waals surface area contributed by atoms with Crippen LogP contribution in [0.25, 0.3) is 0 Å². The highest BCUT2D eigenvalue weighted by Gasteiger charge is 2.10. The van der Waals surface area contributed by atoms with Crippen molar-refractivity contribution in [2.24, 2.45) is 0 Å². The minimum Gasteiger partial charge on any atom is -0.351 e. The van der Waals surface area contributed by atoms with E-state index in [1.54, 1.807) is 6.08 Å². The van der Waals surface area contributed by atoms with Crippen LogP contribution in [-0.4, -0.2) is 26.4 Å². The Morgan fingerprint density at radius 1 is 1.36 bits per heavy atom. The number of allylic oxidation sites excluding steroid dienone is 1. The summed E-state index contributed by atoms with van der Waals surface area (Å²) in [4.78, 5) is 12.0. The number of hydrogen-bond donors (Lipinski definition) is 1. The zero-order valence-electron chi connectivity index (χ0n) is 12.9. The van der Waals surface area contributed by atoms with Crippen LogP contribution in [0.4, 0.5) is 0 Å². The zero-order chi connectivity index (χ0) is 15.9. The van der Waals surface area contributed by atoms with Crippen LogP contribution in [0.3, 0.4) is 0 Å². The van der Waals surface area contributed by atoms with Crippen LogP contribution in [0.2, 0.25) is 0 Å². The number of nitrogens with zero attached hydrogens (tertiary/aromatic N) is 3. The summed E-state index contributed by atoms with van der Waals surface area (Å²) in [5.41, 5.74) is 2.31. The van der Waals surface area contributed by atoms with Crippen molar-refractivity contribution in [3.8, 4) is 0 Å². The highest BCUT2D eigenvalue weighted by molar-refractivity contribution is 7.99. The molecule has 0 spiro atoms. The fourth-order valence-electron chi connectivity index (χ4n) is 1.99. The van der Waals surface area contributed by atoms with Crippen molar-refractivity contribution in [1.82, 2.24) is 20.1 Å². The minimum absolute atomic E-state index is 0.0148. The van der Waals surface area contributed by atoms with E-state index in [2.05, 4.69) is 22.1 Å². The van der Waals surface area contributed by atoms with Crippen molar-refractivity contribution in [3.63, 3.8) is 0 Å². The molecular weight excluding hydrogens is 296 g/mol. The summed E-state index contributed by atoms with van der Waals surface area (Å²) in [6.45, 7) is 8.84. The van der Waals surface area contributed by atoms with E-state index < -0.39 is 0 Å². The van der Waals surface area contributed by atoms with Crippen LogP contribution in [0, 0.1) is 13.8 Å². The lowest BCUT2D eigenvalue weighted by Gasteiger charge is -2.08. The van der Waals surface area contributed by atoms with Crippen molar-refractivity contribution in [2.45, 2.75) is 32.1 Å². The number of carbonyl (C=O) groups is 1. The number of rotatable bonds is 7. The smallest absolute Gasteiger partial charge is 0.230 e. The molecule has 0 aliphatic heterocycles. The highest BCUT2D eigenvalue weighted by atomic mass is 32.2. The zero-order valence-corrected chi connectivity index (χ0v) is 13.7. The summed E-state index contributed by atoms with van der Waals surface area (Å²) >= 11 is 1.38. The predicted molar refractivity (Wildman–Crippen MR) is 88.7 cm³/mol. The molecule has 22 heavy (non-hydrogen) atoms. The number of benzene rings is 1. The Bertz CT molecular complexity index is 666. The summed E-state index contributed by atoms with van der Waals surface area (Å²) in [6.07, 6.45) is 1.79. The standard InChI is InChI=1S/C16H20N4OS/c1-4-9-20-13(3)18-19-16(20)22-11-15(21)17-10-14-8-6-5-7-12(14)2/h4-8H,1,9-11H2,2-3H3,(H,17,21). The minimum atomic E-state index is -0.0148. The monoisotopic (exact) mass is 316 g/mol. The molecule has 0 aliphatic rings. The Labute approximate surface area is 134 Å². The van der Waals surface area contributed by atoms with Gasteiger partial charge >= 0.3 is 0 Å². The SMILES string of the molecule is C=CCn1c(C)nnc1SCC(=O)NCc1ccccc1C. The molecule has 0 unspecified atom stereocenters. The molecule has 1 amide bonds. The molecule has 1 aromatic carbocycles. The third kappa shape index (κ3) is 4.21. The summed E-state index contributed by atoms with van der Waals surface area (Å²) in [5, 5.41) is 11.8. The van der Waals surface area contributed by atoms with Gasteiger partial charge in [0.25, 0.3) is 0 Å². The van der Waals surface area contributed by atoms with E-state index >= 15 is 0 Å². The van der Waals surface area contributed by atoms with Crippen molar-refractivity contribution < 1.29 is 4.79 Å². The van der Waals surface area contributed by atoms with Gasteiger partial charge in [0.15, 0.2) is 5.16 Å². The topological polar surface area (TPSA) is 59.8 Å². The van der Waals surface area contributed by atoms with Crippen molar-refractivity contribution in [3.05, 3.63) is 53.9 Å². The molecule has 116 valence electrons. The van der Waals surface area contributed by atoms with Gasteiger partial charge in [0.2, 0.25) is 5.91 Å². The summed E-state index contributed by atoms with van der Waals surface area (Å²) < 4.78 is 1.94. The molecule has 1 N–H and O–H groups in total. The number of nitrogens with one attached hydrogen (secondary N) is 1. The van der Waals surface area contributed by atoms with Crippen LogP contribution in [0.1, 0.15) is 17.0 Å². The number of thioether (sulfide) groups is 1. The molecule has 1 heterocycles. The third-order valence-electron chi connectivity index (χ3n) is 3.28. The maximum Gasteiger partial charge on any atom is 0.230 e. The first-order valence-electron chi connectivity index (χ1n) is 7.06. The number of aromatic nitrogens is 3. The molecule has 0 saturated carbocycles. The van der Waals surface area contributed by atoms with E-state index in [0.29, 0.717) is 18.8 Å². The molecule has 0 atom stereocenters. The third-order valence-corrected chi connectivity index (χ3v) is 4.25. The lowest BCUT2D eigenvalue weighted by molar-refractivity contribution is -0.118. The Hall–Kier alpha value is -2.08. The molecule has 5 nitrogen and oxygen atoms in total. The van der Waals surface area contributed by atoms with Gasteiger partial charge in [0.1, 0.15) is 5.82 Å². The first-order chi connectivity index (χ1) is 10.6. The molecular formula is C16H20N4OS. The van der Waals surface area contributed by atoms with Crippen LogP contribution in [-0.2, 0) is 17.9 Å². The highest BCUT2D eigenvalue weighted by Crippen LogP contribution is 2.16. The van der Waals surface area contributed by atoms with Gasteiger partial charge in [-0.05, 0) is 25.0 Å². The summed E-state index contributed by atoms with van der Waals surface area (Å²) in [7, 11) is 0. The van der Waals surface area contributed by atoms with Gasteiger partial charge in [0, 0.05) is 13.1 Å². The fraction of sp³-hybridized carbons (Fsp3) is 0.312. The molecule has 2 aromatic rings. The van der Waals surface area contributed by atoms with Gasteiger partial charge in [-0.3, -0.25) is 4.79 Å². The van der Waals surface area contributed by atoms with E-state index in [0.717, 1.165) is 16.5 Å². The molecule has 0 fully saturated rings. The Morgan fingerprint density at radius 2 is 2.14 bits per heavy atom. The maximum absolute atomic E-state index is 12.0. The van der Waals surface area contributed by atoms with E-state index in [4.69, 9.17) is 0 Å². The maximum atomic E-state index is 12.0. The number of carbonyl (C=O) groups excluding carboxylic acids is 1. The molecule has 0 aliphatic carbocycles. The fourth-order valence-corrected chi connectivity index (χ4v) is 2.81. The largest absolute Gasteiger partial charge is 0.351 e. The molecule has 0 bridgehead atoms. The van der Waals surface area contributed by atoms with E-state index in [9.17, 15) is 4.79 Å². The normalized spacial score (nSPS) is 10.5. The van der Waals surface area contributed by atoms with Gasteiger partial charge in [-0.15, -0.1) is 16.8 Å². The molecule has 2 rings (SSSR count). The second-order valence-corrected chi connectivity index (χ2v) is 5.86. The van der Waals surface area contributed by atoms with Gasteiger partial charge in [0.05, 0.1) is 5.75 Å². The molecule has 6 heteroatoms. The first kappa shape index (κ1) is 16.3. The number of amides is 1. The molecule has 1 aromatic heterocycles. The van der Waals surface area contributed by atoms with E-state index in [1.807, 2.05) is 42.7 Å². The van der Waals surface area contributed by atoms with Crippen LogP contribution in [0.15, 0.2) is 42.1 Å². The average Bonchev–Trinajstić information content (AvgIpc) is 2.85. The lowest BCUT2D eigenvalue weighted by Crippen LogP contribution is -2.25. The molecule has 0 radical (unpaired) electrons. The Morgan fingerprint density at radius 3 is 2.86 bits per heavy atom. The van der Waals surface area contributed by atoms with E-state index in [1.165, 1.54) is 17.3 Å². The number of hydrogen-bond acceptors (Lipinski definition) is 4. The quantitative estimate of drug-likeness (QED) is 0.630. The van der Waals surface area contributed by atoms with Crippen molar-refractivity contribution in [1.29, 1.82) is 0 Å². The predicted octanol–water partition coefficient (Wildman–Crippen LogP) is 2.49. The van der Waals surface area contributed by atoms with Crippen molar-refractivity contribution >= 4 is 17.7 Å². The van der Waals surface area contributed by atoms with Gasteiger partial charge in [-0.2, -0.15) is 0 Å². The number of aryl methyl sites for hydroxylation is 2. The average molecular weight is 316 g/mol. The second-order valence-electron chi connectivity index (χ2n) is 4.92. The van der Waals surface area contributed by atoms with E-state index in [-0.39, 0.29) is 5.91 Å². The van der Waals surface area contributed by atoms with Crippen LogP contribution in [0.5, 0.6) is 0 Å². The second kappa shape index (κ2) is 7.79. The van der Waals surface area contributed by atoms with Gasteiger partial charge < -0.3 is 9.88 Å². The first-order valence-corrected chi connectivity index (χ1v) is 8.05. The Kier molecular flexibility index (Phi) is 5.77. The van der Waals surface area contributed by atoms with Gasteiger partial charge in [-0.1, -0.05) is 42.1 Å².